The number of carbonyl (C=O) groups excluding carboxylic acids is 2. The van der Waals surface area contributed by atoms with Gasteiger partial charge in [-0.1, -0.05) is 32.9 Å². The van der Waals surface area contributed by atoms with Gasteiger partial charge in [0.05, 0.1) is 9.52 Å². The fourth-order valence-electron chi connectivity index (χ4n) is 6.98. The lowest BCUT2D eigenvalue weighted by Gasteiger charge is -2.29. The van der Waals surface area contributed by atoms with Crippen LogP contribution in [0.4, 0.5) is 0 Å². The largest absolute Gasteiger partial charge is 0.754 e. The van der Waals surface area contributed by atoms with E-state index in [1.54, 1.807) is 12.2 Å². The number of benzene rings is 1. The van der Waals surface area contributed by atoms with Crippen LogP contribution in [0.3, 0.4) is 0 Å². The Hall–Kier alpha value is -5.80. The minimum atomic E-state index is -0.579. The minimum Gasteiger partial charge on any atom is -0.754 e. The summed E-state index contributed by atoms with van der Waals surface area (Å²) >= 11 is 0. The Morgan fingerprint density at radius 1 is 0.660 bits per heavy atom. The highest BCUT2D eigenvalue weighted by atomic mass is 16.5. The number of hydroxylamine groups is 4. The molecule has 4 aliphatic heterocycles. The fraction of sp³-hybridized carbons (Fsp3) is 0.282. The van der Waals surface area contributed by atoms with Gasteiger partial charge in [-0.15, -0.1) is 0 Å². The van der Waals surface area contributed by atoms with Crippen LogP contribution in [-0.2, 0) is 48.5 Å². The number of nitrogens with two attached hydrogens (primary N) is 2. The van der Waals surface area contributed by atoms with E-state index in [1.165, 1.54) is 61.0 Å². The van der Waals surface area contributed by atoms with Crippen molar-refractivity contribution in [1.29, 1.82) is 0 Å². The molecule has 0 saturated carbocycles. The molecule has 5 rings (SSSR count). The van der Waals surface area contributed by atoms with E-state index in [9.17, 15) is 29.8 Å². The van der Waals surface area contributed by atoms with Crippen LogP contribution in [0.1, 0.15) is 67.0 Å². The Balaban J connectivity index is 1.40. The fourth-order valence-corrected chi connectivity index (χ4v) is 6.98. The molecule has 53 heavy (non-hydrogen) atoms. The van der Waals surface area contributed by atoms with Crippen LogP contribution in [0.5, 0.6) is 0 Å². The molecule has 0 bridgehead atoms. The van der Waals surface area contributed by atoms with Crippen LogP contribution in [0.2, 0.25) is 0 Å². The summed E-state index contributed by atoms with van der Waals surface area (Å²) in [6, 6.07) is 0. The summed E-state index contributed by atoms with van der Waals surface area (Å²) < 4.78 is 0.920. The average Bonchev–Trinajstić information content (AvgIpc) is 3.16. The molecule has 14 nitrogen and oxygen atoms in total. The molecule has 0 spiro atoms. The van der Waals surface area contributed by atoms with E-state index < -0.39 is 5.91 Å². The normalized spacial score (nSPS) is 19.3. The lowest BCUT2D eigenvalue weighted by atomic mass is 9.83. The summed E-state index contributed by atoms with van der Waals surface area (Å²) in [5.74, 6) is -0.952. The predicted octanol–water partition coefficient (Wildman–Crippen LogP) is 5.09. The first-order valence-electron chi connectivity index (χ1n) is 17.6. The number of carbonyl (C=O) groups is 2. The van der Waals surface area contributed by atoms with Gasteiger partial charge in [-0.2, -0.15) is 0 Å². The third kappa shape index (κ3) is 8.00. The molecule has 1 aromatic carbocycles. The molecule has 4 aliphatic rings. The molecule has 0 atom stereocenters. The predicted molar refractivity (Wildman–Crippen MR) is 201 cm³/mol. The van der Waals surface area contributed by atoms with Crippen LogP contribution in [0.15, 0.2) is 120 Å². The maximum absolute atomic E-state index is 14.0. The van der Waals surface area contributed by atoms with Crippen LogP contribution >= 0.6 is 0 Å². The van der Waals surface area contributed by atoms with Gasteiger partial charge in [-0.3, -0.25) is 14.5 Å². The maximum Gasteiger partial charge on any atom is 0.285 e. The van der Waals surface area contributed by atoms with Gasteiger partial charge in [-0.05, 0) is 101 Å². The molecule has 4 heterocycles. The highest BCUT2D eigenvalue weighted by Gasteiger charge is 2.34. The van der Waals surface area contributed by atoms with Crippen molar-refractivity contribution >= 4 is 11.8 Å². The van der Waals surface area contributed by atoms with E-state index in [0.29, 0.717) is 32.7 Å². The zero-order valence-electron chi connectivity index (χ0n) is 30.1. The van der Waals surface area contributed by atoms with Crippen LogP contribution in [0, 0.1) is 20.2 Å². The molecule has 2 amide bonds. The highest BCUT2D eigenvalue weighted by Crippen LogP contribution is 2.32. The van der Waals surface area contributed by atoms with Gasteiger partial charge >= 0.3 is 0 Å². The molecule has 14 heteroatoms. The van der Waals surface area contributed by atoms with Gasteiger partial charge in [0, 0.05) is 54.4 Å². The molecule has 1 aromatic rings. The molecule has 0 aromatic heterocycles. The maximum atomic E-state index is 14.0. The van der Waals surface area contributed by atoms with Gasteiger partial charge in [-0.25, -0.2) is 0 Å². The Morgan fingerprint density at radius 2 is 1.11 bits per heavy atom. The summed E-state index contributed by atoms with van der Waals surface area (Å²) in [6.45, 7) is 7.14. The third-order valence-electron chi connectivity index (χ3n) is 9.42. The summed E-state index contributed by atoms with van der Waals surface area (Å²) in [5, 5.41) is 28.8. The van der Waals surface area contributed by atoms with Crippen molar-refractivity contribution in [3.8, 4) is 0 Å². The summed E-state index contributed by atoms with van der Waals surface area (Å²) in [5.41, 5.74) is 19.3. The Bertz CT molecular complexity index is 1910. The smallest absolute Gasteiger partial charge is 0.285 e. The molecule has 5 N–H and O–H groups in total. The SMILES string of the molecule is CCc1c(CN)c(CC)c(CNC(=O)CCC(=O)N(C2=C[N+](=O)C(=C3C=CC=CN3[O-])C=C2)C2=C[N+](=O)C(=C3C=CC=CN3[O-])C=C2)c(CC)c1CN. The number of hydrogen-bond donors (Lipinski definition) is 3. The second-order valence-electron chi connectivity index (χ2n) is 12.4. The Morgan fingerprint density at radius 3 is 1.51 bits per heavy atom. The van der Waals surface area contributed by atoms with E-state index in [0.717, 1.165) is 69.9 Å². The Labute approximate surface area is 308 Å². The van der Waals surface area contributed by atoms with E-state index in [4.69, 9.17) is 11.5 Å². The van der Waals surface area contributed by atoms with Crippen molar-refractivity contribution in [1.82, 2.24) is 20.3 Å². The van der Waals surface area contributed by atoms with Crippen LogP contribution in [0.25, 0.3) is 0 Å². The van der Waals surface area contributed by atoms with Crippen molar-refractivity contribution in [3.05, 3.63) is 173 Å². The first-order chi connectivity index (χ1) is 25.6. The average molecular weight is 721 g/mol. The molecule has 0 aliphatic carbocycles. The summed E-state index contributed by atoms with van der Waals surface area (Å²) in [7, 11) is 0. The molecule has 0 fully saturated rings. The quantitative estimate of drug-likeness (QED) is 0.245. The van der Waals surface area contributed by atoms with Crippen molar-refractivity contribution in [2.75, 3.05) is 0 Å². The lowest BCUT2D eigenvalue weighted by molar-refractivity contribution is -0.424. The number of nitrogens with one attached hydrogen (secondary N) is 1. The van der Waals surface area contributed by atoms with E-state index in [2.05, 4.69) is 26.1 Å². The first-order valence-corrected chi connectivity index (χ1v) is 17.6. The van der Waals surface area contributed by atoms with Crippen molar-refractivity contribution in [3.63, 3.8) is 0 Å². The van der Waals surface area contributed by atoms with Gasteiger partial charge in [0.25, 0.3) is 23.8 Å². The molecular formula is C39H44N8O6. The topological polar surface area (TPSA) is 194 Å². The van der Waals surface area contributed by atoms with Gasteiger partial charge in [0.15, 0.2) is 0 Å². The molecule has 0 saturated heterocycles. The summed E-state index contributed by atoms with van der Waals surface area (Å²) in [4.78, 5) is 55.0. The second-order valence-corrected chi connectivity index (χ2v) is 12.4. The van der Waals surface area contributed by atoms with Crippen LogP contribution in [-0.4, -0.2) is 36.4 Å². The number of nitrogens with zero attached hydrogens (tertiary/aromatic N) is 5. The molecule has 0 unspecified atom stereocenters. The van der Waals surface area contributed by atoms with Crippen molar-refractivity contribution < 1.29 is 19.1 Å². The lowest BCUT2D eigenvalue weighted by Crippen LogP contribution is -2.33. The van der Waals surface area contributed by atoms with Gasteiger partial charge < -0.3 is 37.3 Å². The number of rotatable bonds is 12. The van der Waals surface area contributed by atoms with Crippen LogP contribution < -0.4 is 16.8 Å². The van der Waals surface area contributed by atoms with Gasteiger partial charge in [0.1, 0.15) is 22.8 Å². The molecular weight excluding hydrogens is 676 g/mol. The highest BCUT2D eigenvalue weighted by molar-refractivity contribution is 5.86. The Kier molecular flexibility index (Phi) is 12.4. The van der Waals surface area contributed by atoms with Gasteiger partial charge in [0.2, 0.25) is 11.8 Å². The van der Waals surface area contributed by atoms with Crippen molar-refractivity contribution in [2.24, 2.45) is 11.5 Å². The number of hydrogen-bond acceptors (Lipinski definition) is 10. The number of allylic oxidation sites excluding steroid dienone is 10. The monoisotopic (exact) mass is 720 g/mol. The third-order valence-corrected chi connectivity index (χ3v) is 9.42. The zero-order valence-corrected chi connectivity index (χ0v) is 30.1. The summed E-state index contributed by atoms with van der Waals surface area (Å²) in [6.07, 6.45) is 21.6. The van der Waals surface area contributed by atoms with E-state index in [-0.39, 0.29) is 59.5 Å². The zero-order chi connectivity index (χ0) is 38.2. The first kappa shape index (κ1) is 38.4. The minimum absolute atomic E-state index is 0.0369. The van der Waals surface area contributed by atoms with E-state index >= 15 is 0 Å². The molecule has 276 valence electrons. The van der Waals surface area contributed by atoms with Crippen molar-refractivity contribution in [2.45, 2.75) is 72.5 Å². The number of nitroso groups, excluding NO2 is 2. The standard InChI is InChI=1S/C39H44N8O6/c1-4-28-31(21-40)29(5-2)33(30(6-3)32(28)22-41)23-42-38(48)17-18-39(49)47(26-13-15-36(45(52)24-26)34-11-7-9-19-43(34)50)27-14-16-37(46(53)25-27)35-12-8-10-20-44(35)51/h7-16,19-20,24-25H,4-6,17-18,21-23,40-41H2,1-3H3,(H,42,48). The number of amides is 2. The second kappa shape index (κ2) is 17.1. The van der Waals surface area contributed by atoms with E-state index in [1.807, 2.05) is 0 Å². The molecule has 0 radical (unpaired) electrons.